The van der Waals surface area contributed by atoms with E-state index >= 15 is 0 Å². The Morgan fingerprint density at radius 3 is 2.55 bits per heavy atom. The molecule has 0 aromatic carbocycles. The van der Waals surface area contributed by atoms with Crippen LogP contribution in [0.5, 0.6) is 0 Å². The first-order valence-corrected chi connectivity index (χ1v) is 8.00. The van der Waals surface area contributed by atoms with Gasteiger partial charge in [0.05, 0.1) is 11.1 Å². The maximum absolute atomic E-state index is 12.6. The number of rotatable bonds is 5. The smallest absolute Gasteiger partial charge is 0.258 e. The van der Waals surface area contributed by atoms with Crippen LogP contribution in [0.3, 0.4) is 0 Å². The van der Waals surface area contributed by atoms with Gasteiger partial charge in [0.1, 0.15) is 4.60 Å². The summed E-state index contributed by atoms with van der Waals surface area (Å²) in [6.07, 6.45) is 5.15. The zero-order valence-corrected chi connectivity index (χ0v) is 15.0. The number of carbonyl (C=O) groups excluding carboxylic acids is 1. The van der Waals surface area contributed by atoms with Crippen molar-refractivity contribution < 1.29 is 4.79 Å². The molecule has 1 atom stereocenters. The van der Waals surface area contributed by atoms with E-state index in [1.165, 1.54) is 0 Å². The second-order valence-electron chi connectivity index (χ2n) is 6.36. The number of hydrogen-bond donors (Lipinski definition) is 0. The SMILES string of the molecule is CCCCC(C)N(C)C(=O)c1cn(C(C)(C)C)nc1Br. The number of aromatic nitrogens is 2. The molecule has 0 saturated carbocycles. The van der Waals surface area contributed by atoms with Gasteiger partial charge in [-0.15, -0.1) is 0 Å². The van der Waals surface area contributed by atoms with Crippen LogP contribution in [-0.4, -0.2) is 33.7 Å². The lowest BCUT2D eigenvalue weighted by Gasteiger charge is -2.24. The zero-order valence-electron chi connectivity index (χ0n) is 13.4. The molecular weight excluding hydrogens is 318 g/mol. The van der Waals surface area contributed by atoms with Crippen molar-refractivity contribution in [3.8, 4) is 0 Å². The summed E-state index contributed by atoms with van der Waals surface area (Å²) in [6, 6.07) is 0.243. The summed E-state index contributed by atoms with van der Waals surface area (Å²) in [6.45, 7) is 10.4. The average Bonchev–Trinajstić information content (AvgIpc) is 2.76. The molecule has 1 amide bonds. The Bertz CT molecular complexity index is 462. The van der Waals surface area contributed by atoms with Crippen molar-refractivity contribution in [3.05, 3.63) is 16.4 Å². The molecule has 0 radical (unpaired) electrons. The van der Waals surface area contributed by atoms with Crippen molar-refractivity contribution in [1.29, 1.82) is 0 Å². The standard InChI is InChI=1S/C15H26BrN3O/c1-7-8-9-11(2)18(6)14(20)12-10-19(15(3,4)5)17-13(12)16/h10-11H,7-9H2,1-6H3. The van der Waals surface area contributed by atoms with Crippen LogP contribution in [0.4, 0.5) is 0 Å². The number of nitrogens with zero attached hydrogens (tertiary/aromatic N) is 3. The van der Waals surface area contributed by atoms with Gasteiger partial charge in [0.15, 0.2) is 0 Å². The first-order valence-electron chi connectivity index (χ1n) is 7.21. The maximum Gasteiger partial charge on any atom is 0.258 e. The highest BCUT2D eigenvalue weighted by Gasteiger charge is 2.24. The number of carbonyl (C=O) groups is 1. The first-order chi connectivity index (χ1) is 9.18. The molecule has 20 heavy (non-hydrogen) atoms. The third-order valence-corrected chi connectivity index (χ3v) is 4.13. The lowest BCUT2D eigenvalue weighted by Crippen LogP contribution is -2.35. The monoisotopic (exact) mass is 343 g/mol. The Morgan fingerprint density at radius 2 is 2.10 bits per heavy atom. The van der Waals surface area contributed by atoms with Crippen LogP contribution in [0.25, 0.3) is 0 Å². The van der Waals surface area contributed by atoms with Gasteiger partial charge in [0, 0.05) is 19.3 Å². The fraction of sp³-hybridized carbons (Fsp3) is 0.733. The lowest BCUT2D eigenvalue weighted by molar-refractivity contribution is 0.0734. The molecule has 0 N–H and O–H groups in total. The molecule has 114 valence electrons. The summed E-state index contributed by atoms with van der Waals surface area (Å²) in [5, 5.41) is 4.39. The molecule has 0 spiro atoms. The minimum atomic E-state index is -0.131. The van der Waals surface area contributed by atoms with Crippen LogP contribution in [0.1, 0.15) is 64.2 Å². The molecule has 0 bridgehead atoms. The Labute approximate surface area is 130 Å². The fourth-order valence-corrected chi connectivity index (χ4v) is 2.37. The second kappa shape index (κ2) is 6.74. The highest BCUT2D eigenvalue weighted by atomic mass is 79.9. The molecule has 0 aliphatic heterocycles. The van der Waals surface area contributed by atoms with Gasteiger partial charge in [-0.25, -0.2) is 0 Å². The van der Waals surface area contributed by atoms with Gasteiger partial charge >= 0.3 is 0 Å². The number of hydrogen-bond acceptors (Lipinski definition) is 2. The molecule has 0 saturated heterocycles. The van der Waals surface area contributed by atoms with Gasteiger partial charge in [-0.3, -0.25) is 9.48 Å². The van der Waals surface area contributed by atoms with E-state index in [1.54, 1.807) is 0 Å². The van der Waals surface area contributed by atoms with E-state index in [0.717, 1.165) is 19.3 Å². The first kappa shape index (κ1) is 17.2. The van der Waals surface area contributed by atoms with Gasteiger partial charge in [0.2, 0.25) is 0 Å². The third-order valence-electron chi connectivity index (χ3n) is 3.54. The lowest BCUT2D eigenvalue weighted by atomic mass is 10.1. The summed E-state index contributed by atoms with van der Waals surface area (Å²) in [4.78, 5) is 14.4. The normalized spacial score (nSPS) is 13.3. The van der Waals surface area contributed by atoms with Crippen molar-refractivity contribution >= 4 is 21.8 Å². The van der Waals surface area contributed by atoms with Crippen LogP contribution < -0.4 is 0 Å². The van der Waals surface area contributed by atoms with E-state index in [2.05, 4.69) is 55.6 Å². The Balaban J connectivity index is 2.89. The molecule has 1 aromatic heterocycles. The van der Waals surface area contributed by atoms with E-state index < -0.39 is 0 Å². The van der Waals surface area contributed by atoms with Crippen LogP contribution >= 0.6 is 15.9 Å². The summed E-state index contributed by atoms with van der Waals surface area (Å²) >= 11 is 3.40. The minimum absolute atomic E-state index is 0.0241. The summed E-state index contributed by atoms with van der Waals surface area (Å²) in [5.74, 6) is 0.0241. The summed E-state index contributed by atoms with van der Waals surface area (Å²) in [5.41, 5.74) is 0.499. The molecule has 1 heterocycles. The zero-order chi connectivity index (χ0) is 15.5. The van der Waals surface area contributed by atoms with E-state index in [0.29, 0.717) is 10.2 Å². The number of amides is 1. The van der Waals surface area contributed by atoms with Crippen LogP contribution in [0, 0.1) is 0 Å². The van der Waals surface area contributed by atoms with Gasteiger partial charge in [0.25, 0.3) is 5.91 Å². The highest BCUT2D eigenvalue weighted by Crippen LogP contribution is 2.22. The van der Waals surface area contributed by atoms with Crippen molar-refractivity contribution in [2.45, 2.75) is 65.5 Å². The van der Waals surface area contributed by atoms with Crippen LogP contribution in [-0.2, 0) is 5.54 Å². The topological polar surface area (TPSA) is 38.1 Å². The average molecular weight is 344 g/mol. The van der Waals surface area contributed by atoms with Gasteiger partial charge < -0.3 is 4.90 Å². The van der Waals surface area contributed by atoms with Crippen molar-refractivity contribution in [2.24, 2.45) is 0 Å². The quantitative estimate of drug-likeness (QED) is 0.808. The predicted octanol–water partition coefficient (Wildman–Crippen LogP) is 4.05. The van der Waals surface area contributed by atoms with Crippen molar-refractivity contribution in [2.75, 3.05) is 7.05 Å². The van der Waals surface area contributed by atoms with E-state index in [1.807, 2.05) is 22.8 Å². The van der Waals surface area contributed by atoms with Crippen LogP contribution in [0.15, 0.2) is 10.8 Å². The molecule has 1 rings (SSSR count). The molecular formula is C15H26BrN3O. The van der Waals surface area contributed by atoms with Crippen LogP contribution in [0.2, 0.25) is 0 Å². The maximum atomic E-state index is 12.6. The Hall–Kier alpha value is -0.840. The van der Waals surface area contributed by atoms with Gasteiger partial charge in [-0.05, 0) is 50.0 Å². The molecule has 0 aliphatic carbocycles. The Morgan fingerprint density at radius 1 is 1.50 bits per heavy atom. The van der Waals surface area contributed by atoms with E-state index in [4.69, 9.17) is 0 Å². The summed E-state index contributed by atoms with van der Waals surface area (Å²) in [7, 11) is 1.86. The van der Waals surface area contributed by atoms with Gasteiger partial charge in [-0.2, -0.15) is 5.10 Å². The summed E-state index contributed by atoms with van der Waals surface area (Å²) < 4.78 is 2.45. The van der Waals surface area contributed by atoms with Gasteiger partial charge in [-0.1, -0.05) is 19.8 Å². The third kappa shape index (κ3) is 4.08. The minimum Gasteiger partial charge on any atom is -0.339 e. The highest BCUT2D eigenvalue weighted by molar-refractivity contribution is 9.10. The molecule has 0 aliphatic rings. The molecule has 0 fully saturated rings. The largest absolute Gasteiger partial charge is 0.339 e. The molecule has 1 unspecified atom stereocenters. The molecule has 5 heteroatoms. The van der Waals surface area contributed by atoms with E-state index in [-0.39, 0.29) is 17.5 Å². The predicted molar refractivity (Wildman–Crippen MR) is 86.0 cm³/mol. The Kier molecular flexibility index (Phi) is 5.80. The van der Waals surface area contributed by atoms with E-state index in [9.17, 15) is 4.79 Å². The molecule has 4 nitrogen and oxygen atoms in total. The van der Waals surface area contributed by atoms with Crippen molar-refractivity contribution in [1.82, 2.24) is 14.7 Å². The number of halogens is 1. The number of unbranched alkanes of at least 4 members (excludes halogenated alkanes) is 1. The fourth-order valence-electron chi connectivity index (χ4n) is 1.92. The molecule has 1 aromatic rings. The second-order valence-corrected chi connectivity index (χ2v) is 7.11. The van der Waals surface area contributed by atoms with Crippen molar-refractivity contribution in [3.63, 3.8) is 0 Å².